The first-order valence-electron chi connectivity index (χ1n) is 13.5. The minimum Gasteiger partial charge on any atom is -0.0841 e. The van der Waals surface area contributed by atoms with E-state index in [4.69, 9.17) is 0 Å². The highest BCUT2D eigenvalue weighted by molar-refractivity contribution is 5.33. The Morgan fingerprint density at radius 3 is 2.17 bits per heavy atom. The average molecular weight is 411 g/mol. The van der Waals surface area contributed by atoms with E-state index in [1.54, 1.807) is 0 Å². The van der Waals surface area contributed by atoms with Gasteiger partial charge in [0, 0.05) is 0 Å². The largest absolute Gasteiger partial charge is 0.0841 e. The second-order valence-electron chi connectivity index (χ2n) is 15.2. The van der Waals surface area contributed by atoms with Crippen molar-refractivity contribution in [2.45, 2.75) is 126 Å². The molecule has 0 unspecified atom stereocenters. The zero-order valence-corrected chi connectivity index (χ0v) is 21.6. The van der Waals surface area contributed by atoms with Crippen molar-refractivity contribution in [2.24, 2.45) is 50.2 Å². The standard InChI is InChI=1S/C30H50/c1-25(2)16-17-27(5)18-19-29(7)22-10-11-23-26(3,4)13-9-14-28(23,6)21(22)12-15-30(29,8)24(27)20-25/h10,21,23-24H,9,11-20H2,1-8H3/t21-,23-,24+,27+,28+,29+,30-/m0/s1. The van der Waals surface area contributed by atoms with Gasteiger partial charge in [0.15, 0.2) is 0 Å². The van der Waals surface area contributed by atoms with Gasteiger partial charge in [-0.05, 0) is 114 Å². The van der Waals surface area contributed by atoms with Crippen LogP contribution in [0.25, 0.3) is 0 Å². The third kappa shape index (κ3) is 2.64. The Kier molecular flexibility index (Phi) is 4.46. The van der Waals surface area contributed by atoms with Gasteiger partial charge < -0.3 is 0 Å². The predicted molar refractivity (Wildman–Crippen MR) is 129 cm³/mol. The van der Waals surface area contributed by atoms with Gasteiger partial charge in [0.2, 0.25) is 0 Å². The van der Waals surface area contributed by atoms with Crippen LogP contribution in [0.5, 0.6) is 0 Å². The van der Waals surface area contributed by atoms with Crippen LogP contribution in [-0.4, -0.2) is 0 Å². The molecule has 30 heavy (non-hydrogen) atoms. The van der Waals surface area contributed by atoms with Gasteiger partial charge in [-0.15, -0.1) is 0 Å². The molecule has 0 nitrogen and oxygen atoms in total. The Bertz CT molecular complexity index is 754. The van der Waals surface area contributed by atoms with E-state index in [1.807, 2.05) is 5.57 Å². The van der Waals surface area contributed by atoms with Crippen LogP contribution in [-0.2, 0) is 0 Å². The monoisotopic (exact) mass is 410 g/mol. The Labute approximate surface area is 188 Å². The van der Waals surface area contributed by atoms with E-state index < -0.39 is 0 Å². The molecular weight excluding hydrogens is 360 g/mol. The number of allylic oxidation sites excluding steroid dienone is 2. The second kappa shape index (κ2) is 6.20. The first-order chi connectivity index (χ1) is 13.8. The minimum atomic E-state index is 0.434. The van der Waals surface area contributed by atoms with Gasteiger partial charge in [-0.2, -0.15) is 0 Å². The lowest BCUT2D eigenvalue weighted by molar-refractivity contribution is -0.170. The number of hydrogen-bond donors (Lipinski definition) is 0. The molecule has 0 saturated heterocycles. The molecule has 0 spiro atoms. The van der Waals surface area contributed by atoms with E-state index in [2.05, 4.69) is 61.5 Å². The van der Waals surface area contributed by atoms with E-state index in [0.717, 1.165) is 17.8 Å². The topological polar surface area (TPSA) is 0 Å². The van der Waals surface area contributed by atoms with Crippen molar-refractivity contribution in [2.75, 3.05) is 0 Å². The highest BCUT2D eigenvalue weighted by Crippen LogP contribution is 2.75. The van der Waals surface area contributed by atoms with Crippen LogP contribution < -0.4 is 0 Å². The van der Waals surface area contributed by atoms with Gasteiger partial charge in [-0.25, -0.2) is 0 Å². The number of fused-ring (bicyclic) bond motifs is 7. The predicted octanol–water partition coefficient (Wildman–Crippen LogP) is 9.20. The fourth-order valence-electron chi connectivity index (χ4n) is 10.6. The third-order valence-corrected chi connectivity index (χ3v) is 12.8. The van der Waals surface area contributed by atoms with E-state index in [1.165, 1.54) is 70.6 Å². The molecule has 5 aliphatic carbocycles. The maximum atomic E-state index is 2.83. The van der Waals surface area contributed by atoms with Crippen LogP contribution in [0.4, 0.5) is 0 Å². The molecule has 0 heterocycles. The number of rotatable bonds is 0. The summed E-state index contributed by atoms with van der Waals surface area (Å²) in [5.74, 6) is 2.65. The molecule has 0 aliphatic heterocycles. The van der Waals surface area contributed by atoms with Crippen molar-refractivity contribution in [3.05, 3.63) is 11.6 Å². The average Bonchev–Trinajstić information content (AvgIpc) is 2.64. The molecule has 170 valence electrons. The van der Waals surface area contributed by atoms with E-state index in [9.17, 15) is 0 Å². The molecule has 0 aromatic rings. The van der Waals surface area contributed by atoms with Crippen LogP contribution in [0.15, 0.2) is 11.6 Å². The lowest BCUT2D eigenvalue weighted by atomic mass is 9.34. The van der Waals surface area contributed by atoms with Crippen molar-refractivity contribution < 1.29 is 0 Å². The lowest BCUT2D eigenvalue weighted by Crippen LogP contribution is -2.62. The van der Waals surface area contributed by atoms with E-state index in [-0.39, 0.29) is 0 Å². The molecule has 0 aromatic carbocycles. The van der Waals surface area contributed by atoms with Crippen molar-refractivity contribution in [1.82, 2.24) is 0 Å². The van der Waals surface area contributed by atoms with Crippen molar-refractivity contribution >= 4 is 0 Å². The zero-order valence-electron chi connectivity index (χ0n) is 21.6. The third-order valence-electron chi connectivity index (χ3n) is 12.8. The quantitative estimate of drug-likeness (QED) is 0.349. The zero-order chi connectivity index (χ0) is 21.8. The van der Waals surface area contributed by atoms with Crippen LogP contribution in [0.2, 0.25) is 0 Å². The second-order valence-corrected chi connectivity index (χ2v) is 15.2. The van der Waals surface area contributed by atoms with Crippen molar-refractivity contribution in [3.8, 4) is 0 Å². The molecule has 0 N–H and O–H groups in total. The summed E-state index contributed by atoms with van der Waals surface area (Å²) in [4.78, 5) is 0. The summed E-state index contributed by atoms with van der Waals surface area (Å²) in [6.45, 7) is 21.2. The molecule has 0 radical (unpaired) electrons. The van der Waals surface area contributed by atoms with Crippen molar-refractivity contribution in [3.63, 3.8) is 0 Å². The first-order valence-corrected chi connectivity index (χ1v) is 13.5. The Hall–Kier alpha value is -0.260. The van der Waals surface area contributed by atoms with E-state index >= 15 is 0 Å². The summed E-state index contributed by atoms with van der Waals surface area (Å²) in [6, 6.07) is 0. The number of hydrogen-bond acceptors (Lipinski definition) is 0. The van der Waals surface area contributed by atoms with Gasteiger partial charge in [-0.1, -0.05) is 73.5 Å². The molecule has 4 fully saturated rings. The van der Waals surface area contributed by atoms with Gasteiger partial charge >= 0.3 is 0 Å². The summed E-state index contributed by atoms with van der Waals surface area (Å²) in [5, 5.41) is 0. The molecule has 0 amide bonds. The highest BCUT2D eigenvalue weighted by atomic mass is 14.7. The minimum absolute atomic E-state index is 0.434. The molecule has 5 aliphatic rings. The summed E-state index contributed by atoms with van der Waals surface area (Å²) in [6.07, 6.45) is 18.8. The maximum Gasteiger partial charge on any atom is -0.00566 e. The Morgan fingerprint density at radius 2 is 1.43 bits per heavy atom. The maximum absolute atomic E-state index is 2.83. The van der Waals surface area contributed by atoms with Crippen LogP contribution >= 0.6 is 0 Å². The Balaban J connectivity index is 1.57. The highest BCUT2D eigenvalue weighted by Gasteiger charge is 2.66. The van der Waals surface area contributed by atoms with Gasteiger partial charge in [0.05, 0.1) is 0 Å². The van der Waals surface area contributed by atoms with Gasteiger partial charge in [0.1, 0.15) is 0 Å². The molecule has 4 saturated carbocycles. The molecule has 7 atom stereocenters. The smallest absolute Gasteiger partial charge is 0.00566 e. The van der Waals surface area contributed by atoms with Crippen LogP contribution in [0.3, 0.4) is 0 Å². The van der Waals surface area contributed by atoms with E-state index in [0.29, 0.717) is 32.5 Å². The summed E-state index contributed by atoms with van der Waals surface area (Å²) in [5.41, 5.74) is 5.06. The molecule has 0 heteroatoms. The molecule has 0 aromatic heterocycles. The normalized spacial score (nSPS) is 54.1. The first kappa shape index (κ1) is 21.6. The Morgan fingerprint density at radius 1 is 0.733 bits per heavy atom. The summed E-state index contributed by atoms with van der Waals surface area (Å²) in [7, 11) is 0. The van der Waals surface area contributed by atoms with Gasteiger partial charge in [0.25, 0.3) is 0 Å². The van der Waals surface area contributed by atoms with Crippen LogP contribution in [0.1, 0.15) is 126 Å². The van der Waals surface area contributed by atoms with Gasteiger partial charge in [-0.3, -0.25) is 0 Å². The molecule has 5 rings (SSSR count). The molecule has 0 bridgehead atoms. The van der Waals surface area contributed by atoms with Crippen molar-refractivity contribution in [1.29, 1.82) is 0 Å². The molecular formula is C30H50. The lowest BCUT2D eigenvalue weighted by Gasteiger charge is -2.71. The SMILES string of the molecule is CC1(C)CC[C@]2(C)CC[C@]3(C)C4=CC[C@H]5C(C)(C)CCC[C@]5(C)[C@H]4CC[C@@]3(C)[C@@H]2C1. The summed E-state index contributed by atoms with van der Waals surface area (Å²) < 4.78 is 0. The fourth-order valence-corrected chi connectivity index (χ4v) is 10.6. The fraction of sp³-hybridized carbons (Fsp3) is 0.933. The van der Waals surface area contributed by atoms with Crippen LogP contribution in [0, 0.1) is 50.2 Å². The summed E-state index contributed by atoms with van der Waals surface area (Å²) >= 11 is 0.